The average Bonchev–Trinajstić information content (AvgIpc) is 1.62. The first-order valence-corrected chi connectivity index (χ1v) is 20.3. The molecule has 70 valence electrons. The van der Waals surface area contributed by atoms with Crippen molar-refractivity contribution in [1.82, 2.24) is 0 Å². The van der Waals surface area contributed by atoms with E-state index >= 15 is 0 Å². The third-order valence-electron chi connectivity index (χ3n) is 0. The van der Waals surface area contributed by atoms with Gasteiger partial charge in [-0.1, -0.05) is 26.2 Å². The molecule has 0 amide bonds. The van der Waals surface area contributed by atoms with Gasteiger partial charge in [0.2, 0.25) is 0 Å². The van der Waals surface area contributed by atoms with E-state index < -0.39 is 15.5 Å². The summed E-state index contributed by atoms with van der Waals surface area (Å²) in [5.41, 5.74) is 0. The summed E-state index contributed by atoms with van der Waals surface area (Å²) in [7, 11) is 21.6. The molecule has 0 saturated heterocycles. The van der Waals surface area contributed by atoms with E-state index in [-0.39, 0.29) is 0 Å². The van der Waals surface area contributed by atoms with Crippen molar-refractivity contribution in [1.29, 1.82) is 0 Å². The maximum atomic E-state index is 5.04. The molecule has 0 spiro atoms. The number of rotatable bonds is 0. The molecule has 0 bridgehead atoms. The Hall–Kier alpha value is 2.48. The van der Waals surface area contributed by atoms with E-state index in [2.05, 4.69) is 26.2 Å². The van der Waals surface area contributed by atoms with E-state index in [9.17, 15) is 0 Å². The predicted molar refractivity (Wildman–Crippen MR) is 61.2 cm³/mol. The van der Waals surface area contributed by atoms with Gasteiger partial charge in [-0.2, -0.15) is 0 Å². The van der Waals surface area contributed by atoms with E-state index in [4.69, 9.17) is 34.1 Å². The van der Waals surface area contributed by atoms with Crippen LogP contribution in [-0.4, -0.2) is 19.0 Å². The molecule has 0 aromatic rings. The van der Waals surface area contributed by atoms with Gasteiger partial charge in [-0.25, -0.2) is 0 Å². The summed E-state index contributed by atoms with van der Waals surface area (Å²) in [4.78, 5) is 0. The summed E-state index contributed by atoms with van der Waals surface area (Å²) in [5, 5.41) is 0. The number of halogens is 4. The molecule has 0 atom stereocenters. The number of hydrogen-bond donors (Lipinski definition) is 0. The fraction of sp³-hybridized carbons (Fsp3) is 1.00. The molecule has 0 nitrogen and oxygen atoms in total. The molecule has 0 N–H and O–H groups in total. The molecule has 0 rings (SSSR count). The summed E-state index contributed by atoms with van der Waals surface area (Å²) in [6.45, 7) is 8.83. The van der Waals surface area contributed by atoms with Crippen LogP contribution >= 0.6 is 34.1 Å². The Morgan fingerprint density at radius 1 is 0.727 bits per heavy atom. The Labute approximate surface area is 93.6 Å². The van der Waals surface area contributed by atoms with Gasteiger partial charge in [-0.15, -0.1) is 0 Å². The Morgan fingerprint density at radius 3 is 0.727 bits per heavy atom. The summed E-state index contributed by atoms with van der Waals surface area (Å²) in [6, 6.07) is 0. The van der Waals surface area contributed by atoms with Gasteiger partial charge in [0.05, 0.1) is 0 Å². The fourth-order valence-corrected chi connectivity index (χ4v) is 0. The molecule has 0 heterocycles. The first-order chi connectivity index (χ1) is 4.83. The quantitative estimate of drug-likeness (QED) is 0.583. The van der Waals surface area contributed by atoms with Crippen LogP contribution in [0.4, 0.5) is 0 Å². The number of hydrogen-bond acceptors (Lipinski definition) is 0. The molecule has 2 radical (unpaired) electrons. The van der Waals surface area contributed by atoms with Crippen molar-refractivity contribution in [2.45, 2.75) is 26.2 Å². The van der Waals surface area contributed by atoms with E-state index in [1.807, 2.05) is 0 Å². The maximum absolute atomic E-state index is 5.04. The molecule has 7 heteroatoms. The van der Waals surface area contributed by atoms with Gasteiger partial charge >= 0.3 is 49.5 Å². The second kappa shape index (κ2) is 15.0. The third kappa shape index (κ3) is 223. The van der Waals surface area contributed by atoms with Crippen LogP contribution in [0.2, 0.25) is 26.2 Å². The second-order valence-corrected chi connectivity index (χ2v) is 26.3. The molecule has 0 fully saturated rings. The topological polar surface area (TPSA) is 0 Å². The molecule has 0 aromatic heterocycles. The monoisotopic (exact) mass is 348 g/mol. The van der Waals surface area contributed by atoms with Crippen molar-refractivity contribution in [3.8, 4) is 0 Å². The van der Waals surface area contributed by atoms with Crippen LogP contribution in [0.5, 0.6) is 0 Å². The normalized spacial score (nSPS) is 8.73. The Bertz CT molecular complexity index is 50.5. The van der Waals surface area contributed by atoms with Crippen molar-refractivity contribution in [3.63, 3.8) is 0 Å². The van der Waals surface area contributed by atoms with Crippen LogP contribution in [-0.2, 0) is 15.5 Å². The SMILES string of the molecule is C[SiH]C.C[SiH]C.[Cl][Zr]([Cl])([Cl])[Cl]. The molecule has 11 heavy (non-hydrogen) atoms. The third-order valence-corrected chi connectivity index (χ3v) is 0. The van der Waals surface area contributed by atoms with Crippen LogP contribution in [0.3, 0.4) is 0 Å². The molecule has 0 aliphatic rings. The van der Waals surface area contributed by atoms with Crippen molar-refractivity contribution in [2.75, 3.05) is 0 Å². The molecule has 0 aromatic carbocycles. The molecule has 0 unspecified atom stereocenters. The zero-order chi connectivity index (χ0) is 9.91. The molecule has 0 aliphatic carbocycles. The molecular weight excluding hydrogens is 337 g/mol. The van der Waals surface area contributed by atoms with Crippen molar-refractivity contribution < 1.29 is 15.5 Å². The van der Waals surface area contributed by atoms with Gasteiger partial charge in [0, 0.05) is 19.0 Å². The Kier molecular flexibility index (Phi) is 26.0. The zero-order valence-corrected chi connectivity index (χ0v) is 15.0. The van der Waals surface area contributed by atoms with Crippen LogP contribution in [0, 0.1) is 0 Å². The van der Waals surface area contributed by atoms with Gasteiger partial charge < -0.3 is 0 Å². The van der Waals surface area contributed by atoms with E-state index in [0.717, 1.165) is 19.0 Å². The Morgan fingerprint density at radius 2 is 0.727 bits per heavy atom. The average molecular weight is 351 g/mol. The van der Waals surface area contributed by atoms with E-state index in [1.165, 1.54) is 0 Å². The van der Waals surface area contributed by atoms with Crippen LogP contribution in [0.25, 0.3) is 0 Å². The van der Waals surface area contributed by atoms with Crippen LogP contribution in [0.1, 0.15) is 0 Å². The van der Waals surface area contributed by atoms with Gasteiger partial charge in [-0.05, 0) is 0 Å². The van der Waals surface area contributed by atoms with E-state index in [1.54, 1.807) is 0 Å². The van der Waals surface area contributed by atoms with Crippen molar-refractivity contribution in [3.05, 3.63) is 0 Å². The molecule has 0 aliphatic heterocycles. The predicted octanol–water partition coefficient (Wildman–Crippen LogP) is 3.79. The van der Waals surface area contributed by atoms with Crippen molar-refractivity contribution in [2.24, 2.45) is 0 Å². The van der Waals surface area contributed by atoms with Crippen molar-refractivity contribution >= 4 is 53.1 Å². The minimum atomic E-state index is -3.29. The fourth-order valence-electron chi connectivity index (χ4n) is 0. The van der Waals surface area contributed by atoms with Crippen LogP contribution < -0.4 is 0 Å². The van der Waals surface area contributed by atoms with E-state index in [0.29, 0.717) is 0 Å². The summed E-state index contributed by atoms with van der Waals surface area (Å²) >= 11 is -3.29. The zero-order valence-electron chi connectivity index (χ0n) is 7.17. The van der Waals surface area contributed by atoms with Crippen LogP contribution in [0.15, 0.2) is 0 Å². The first kappa shape index (κ1) is 19.1. The molecule has 0 saturated carbocycles. The van der Waals surface area contributed by atoms with Gasteiger partial charge in [0.15, 0.2) is 0 Å². The van der Waals surface area contributed by atoms with Gasteiger partial charge in [0.1, 0.15) is 0 Å². The van der Waals surface area contributed by atoms with Gasteiger partial charge in [-0.3, -0.25) is 0 Å². The van der Waals surface area contributed by atoms with Gasteiger partial charge in [0.25, 0.3) is 0 Å². The molecular formula is C4H14Cl4Si2Zr. The summed E-state index contributed by atoms with van der Waals surface area (Å²) in [6.07, 6.45) is 0. The summed E-state index contributed by atoms with van der Waals surface area (Å²) < 4.78 is 0. The summed E-state index contributed by atoms with van der Waals surface area (Å²) in [5.74, 6) is 0. The Balaban J connectivity index is -0.0000000933. The first-order valence-electron chi connectivity index (χ1n) is 3.07. The minimum absolute atomic E-state index is 0.750. The second-order valence-electron chi connectivity index (χ2n) is 1.58. The standard InChI is InChI=1S/2C2H7Si.4ClH.Zr/c2*1-3-2;;;;;/h2*3H,1-2H3;4*1H;/q;;;;;;+4/p-4.